The summed E-state index contributed by atoms with van der Waals surface area (Å²) in [4.78, 5) is 14.3. The predicted octanol–water partition coefficient (Wildman–Crippen LogP) is 1.30. The van der Waals surface area contributed by atoms with E-state index in [1.54, 1.807) is 4.90 Å². The molecule has 1 saturated carbocycles. The molecule has 17 heavy (non-hydrogen) atoms. The van der Waals surface area contributed by atoms with Gasteiger partial charge in [-0.2, -0.15) is 0 Å². The first kappa shape index (κ1) is 12.2. The third-order valence-electron chi connectivity index (χ3n) is 4.19. The fourth-order valence-electron chi connectivity index (χ4n) is 3.10. The van der Waals surface area contributed by atoms with Gasteiger partial charge in [0.25, 0.3) is 0 Å². The summed E-state index contributed by atoms with van der Waals surface area (Å²) in [5, 5.41) is 11.8. The molecule has 0 bridgehead atoms. The Morgan fingerprint density at radius 3 is 2.65 bits per heavy atom. The van der Waals surface area contributed by atoms with E-state index in [1.165, 1.54) is 0 Å². The third kappa shape index (κ3) is 2.10. The second kappa shape index (κ2) is 4.55. The van der Waals surface area contributed by atoms with Gasteiger partial charge in [0.15, 0.2) is 5.84 Å². The number of nitrogens with two attached hydrogens (primary N) is 1. The van der Waals surface area contributed by atoms with Crippen molar-refractivity contribution in [2.24, 2.45) is 16.3 Å². The number of likely N-dealkylation sites (tertiary alicyclic amines) is 1. The van der Waals surface area contributed by atoms with Crippen molar-refractivity contribution in [2.75, 3.05) is 6.54 Å². The van der Waals surface area contributed by atoms with Crippen LogP contribution in [-0.4, -0.2) is 34.4 Å². The smallest absolute Gasteiger partial charge is 0.229 e. The minimum Gasteiger partial charge on any atom is -0.409 e. The zero-order chi connectivity index (χ0) is 12.5. The highest BCUT2D eigenvalue weighted by Gasteiger charge is 2.43. The number of nitrogens with zero attached hydrogens (tertiary/aromatic N) is 2. The number of amidine groups is 1. The molecule has 0 spiro atoms. The highest BCUT2D eigenvalue weighted by molar-refractivity contribution is 5.92. The first-order chi connectivity index (χ1) is 8.08. The Bertz CT molecular complexity index is 335. The maximum absolute atomic E-state index is 12.5. The Labute approximate surface area is 102 Å². The summed E-state index contributed by atoms with van der Waals surface area (Å²) >= 11 is 0. The van der Waals surface area contributed by atoms with Crippen LogP contribution in [0.4, 0.5) is 0 Å². The fourth-order valence-corrected chi connectivity index (χ4v) is 3.10. The molecule has 0 aromatic heterocycles. The summed E-state index contributed by atoms with van der Waals surface area (Å²) in [5.41, 5.74) is 5.43. The number of rotatable bonds is 2. The highest BCUT2D eigenvalue weighted by atomic mass is 16.4. The van der Waals surface area contributed by atoms with Crippen molar-refractivity contribution < 1.29 is 10.0 Å². The van der Waals surface area contributed by atoms with Crippen molar-refractivity contribution in [1.82, 2.24) is 4.90 Å². The van der Waals surface area contributed by atoms with Crippen molar-refractivity contribution in [1.29, 1.82) is 0 Å². The molecule has 1 aliphatic heterocycles. The van der Waals surface area contributed by atoms with Crippen molar-refractivity contribution in [2.45, 2.75) is 51.5 Å². The second-order valence-electron chi connectivity index (χ2n) is 5.45. The Balaban J connectivity index is 2.13. The molecule has 5 heteroatoms. The first-order valence-corrected chi connectivity index (χ1v) is 6.37. The summed E-state index contributed by atoms with van der Waals surface area (Å²) in [5.74, 6) is 0.349. The average Bonchev–Trinajstić information content (AvgIpc) is 2.96. The van der Waals surface area contributed by atoms with Crippen LogP contribution >= 0.6 is 0 Å². The molecular formula is C12H21N3O2. The standard InChI is InChI=1S/C12H21N3O2/c1-12(6-2-3-7-12)11(16)15-8-4-5-9(15)10(13)14-17/h9,17H,2-8H2,1H3,(H2,13,14). The lowest BCUT2D eigenvalue weighted by Crippen LogP contribution is -2.48. The molecule has 1 heterocycles. The number of carbonyl (C=O) groups excluding carboxylic acids is 1. The Morgan fingerprint density at radius 2 is 2.06 bits per heavy atom. The van der Waals surface area contributed by atoms with Crippen LogP contribution in [0, 0.1) is 5.41 Å². The monoisotopic (exact) mass is 239 g/mol. The fraction of sp³-hybridized carbons (Fsp3) is 0.833. The van der Waals surface area contributed by atoms with Gasteiger partial charge in [0.2, 0.25) is 5.91 Å². The van der Waals surface area contributed by atoms with Gasteiger partial charge in [0.1, 0.15) is 0 Å². The molecule has 5 nitrogen and oxygen atoms in total. The Kier molecular flexibility index (Phi) is 3.26. The molecule has 0 aromatic rings. The van der Waals surface area contributed by atoms with Crippen molar-refractivity contribution in [3.8, 4) is 0 Å². The summed E-state index contributed by atoms with van der Waals surface area (Å²) in [6.45, 7) is 2.78. The first-order valence-electron chi connectivity index (χ1n) is 6.37. The topological polar surface area (TPSA) is 78.9 Å². The zero-order valence-electron chi connectivity index (χ0n) is 10.4. The molecule has 1 saturated heterocycles. The minimum atomic E-state index is -0.224. The number of amides is 1. The van der Waals surface area contributed by atoms with Gasteiger partial charge < -0.3 is 15.8 Å². The van der Waals surface area contributed by atoms with Crippen LogP contribution in [-0.2, 0) is 4.79 Å². The molecular weight excluding hydrogens is 218 g/mol. The van der Waals surface area contributed by atoms with Gasteiger partial charge in [-0.25, -0.2) is 0 Å². The Morgan fingerprint density at radius 1 is 1.41 bits per heavy atom. The normalized spacial score (nSPS) is 28.6. The molecule has 1 amide bonds. The van der Waals surface area contributed by atoms with Crippen LogP contribution in [0.2, 0.25) is 0 Å². The van der Waals surface area contributed by atoms with Gasteiger partial charge in [0, 0.05) is 12.0 Å². The van der Waals surface area contributed by atoms with Crippen LogP contribution in [0.15, 0.2) is 5.16 Å². The van der Waals surface area contributed by atoms with E-state index in [0.29, 0.717) is 0 Å². The molecule has 0 aromatic carbocycles. The highest BCUT2D eigenvalue weighted by Crippen LogP contribution is 2.40. The zero-order valence-corrected chi connectivity index (χ0v) is 10.4. The summed E-state index contributed by atoms with van der Waals surface area (Å²) in [6, 6.07) is -0.204. The number of oxime groups is 1. The Hall–Kier alpha value is -1.26. The molecule has 1 unspecified atom stereocenters. The molecule has 2 fully saturated rings. The lowest BCUT2D eigenvalue weighted by atomic mass is 9.87. The predicted molar refractivity (Wildman–Crippen MR) is 64.7 cm³/mol. The van der Waals surface area contributed by atoms with E-state index in [-0.39, 0.29) is 23.2 Å². The number of carbonyl (C=O) groups is 1. The number of hydrogen-bond donors (Lipinski definition) is 2. The van der Waals surface area contributed by atoms with E-state index in [4.69, 9.17) is 10.9 Å². The van der Waals surface area contributed by atoms with E-state index >= 15 is 0 Å². The lowest BCUT2D eigenvalue weighted by molar-refractivity contribution is -0.140. The summed E-state index contributed by atoms with van der Waals surface area (Å²) in [6.07, 6.45) is 5.92. The van der Waals surface area contributed by atoms with E-state index < -0.39 is 0 Å². The van der Waals surface area contributed by atoms with Gasteiger partial charge in [-0.1, -0.05) is 24.9 Å². The van der Waals surface area contributed by atoms with Gasteiger partial charge in [-0.15, -0.1) is 0 Å². The third-order valence-corrected chi connectivity index (χ3v) is 4.19. The minimum absolute atomic E-state index is 0.164. The van der Waals surface area contributed by atoms with Gasteiger partial charge in [-0.3, -0.25) is 4.79 Å². The largest absolute Gasteiger partial charge is 0.409 e. The molecule has 1 aliphatic carbocycles. The second-order valence-corrected chi connectivity index (χ2v) is 5.45. The maximum Gasteiger partial charge on any atom is 0.229 e. The lowest BCUT2D eigenvalue weighted by Gasteiger charge is -2.32. The summed E-state index contributed by atoms with van der Waals surface area (Å²) in [7, 11) is 0. The molecule has 1 atom stereocenters. The van der Waals surface area contributed by atoms with Gasteiger partial charge >= 0.3 is 0 Å². The average molecular weight is 239 g/mol. The molecule has 96 valence electrons. The number of hydrogen-bond acceptors (Lipinski definition) is 3. The molecule has 0 radical (unpaired) electrons. The van der Waals surface area contributed by atoms with Crippen molar-refractivity contribution in [3.05, 3.63) is 0 Å². The van der Waals surface area contributed by atoms with Crippen LogP contribution in [0.1, 0.15) is 45.4 Å². The van der Waals surface area contributed by atoms with Crippen LogP contribution in [0.25, 0.3) is 0 Å². The van der Waals surface area contributed by atoms with Gasteiger partial charge in [-0.05, 0) is 25.7 Å². The van der Waals surface area contributed by atoms with E-state index in [2.05, 4.69) is 5.16 Å². The van der Waals surface area contributed by atoms with E-state index in [1.807, 2.05) is 6.92 Å². The molecule has 2 rings (SSSR count). The van der Waals surface area contributed by atoms with Crippen LogP contribution < -0.4 is 5.73 Å². The van der Waals surface area contributed by atoms with E-state index in [0.717, 1.165) is 45.1 Å². The van der Waals surface area contributed by atoms with Crippen LogP contribution in [0.5, 0.6) is 0 Å². The summed E-state index contributed by atoms with van der Waals surface area (Å²) < 4.78 is 0. The van der Waals surface area contributed by atoms with Gasteiger partial charge in [0.05, 0.1) is 6.04 Å². The van der Waals surface area contributed by atoms with Crippen molar-refractivity contribution in [3.63, 3.8) is 0 Å². The maximum atomic E-state index is 12.5. The molecule has 2 aliphatic rings. The SMILES string of the molecule is CC1(C(=O)N2CCCC2C(N)=NO)CCCC1. The quantitative estimate of drug-likeness (QED) is 0.330. The molecule has 3 N–H and O–H groups in total. The van der Waals surface area contributed by atoms with E-state index in [9.17, 15) is 4.79 Å². The van der Waals surface area contributed by atoms with Crippen LogP contribution in [0.3, 0.4) is 0 Å². The van der Waals surface area contributed by atoms with Crippen molar-refractivity contribution >= 4 is 11.7 Å².